The Kier molecular flexibility index (Phi) is 10.3. The lowest BCUT2D eigenvalue weighted by Gasteiger charge is -2.31. The third kappa shape index (κ3) is 7.05. The second-order valence-corrected chi connectivity index (χ2v) is 10.3. The van der Waals surface area contributed by atoms with E-state index in [1.165, 1.54) is 17.0 Å². The Bertz CT molecular complexity index is 1740. The Morgan fingerprint density at radius 2 is 1.64 bits per heavy atom. The fourth-order valence-corrected chi connectivity index (χ4v) is 5.24. The highest BCUT2D eigenvalue weighted by Gasteiger charge is 2.35. The van der Waals surface area contributed by atoms with Gasteiger partial charge in [0.1, 0.15) is 5.82 Å². The molecule has 7 nitrogen and oxygen atoms in total. The third-order valence-electron chi connectivity index (χ3n) is 7.04. The SMILES string of the molecule is CCCN(C(=O)OCC)C(Cn1c(=O)c(-c2ccccc2Cl)cn(Cc2c(F)cccc2C(F)(F)F)c1=O)c1ccccc1. The molecule has 0 saturated heterocycles. The van der Waals surface area contributed by atoms with E-state index < -0.39 is 53.0 Å². The van der Waals surface area contributed by atoms with Gasteiger partial charge in [0.05, 0.1) is 36.9 Å². The number of ether oxygens (including phenoxy) is 1. The molecule has 4 aromatic rings. The van der Waals surface area contributed by atoms with Crippen LogP contribution in [-0.4, -0.2) is 33.3 Å². The van der Waals surface area contributed by atoms with Gasteiger partial charge in [-0.05, 0) is 37.1 Å². The van der Waals surface area contributed by atoms with Gasteiger partial charge in [-0.3, -0.25) is 18.8 Å². The lowest BCUT2D eigenvalue weighted by molar-refractivity contribution is -0.138. The van der Waals surface area contributed by atoms with Gasteiger partial charge in [0, 0.05) is 28.9 Å². The van der Waals surface area contributed by atoms with Gasteiger partial charge in [0.2, 0.25) is 0 Å². The number of carbonyl (C=O) groups excluding carboxylic acids is 1. The average molecular weight is 632 g/mol. The monoisotopic (exact) mass is 631 g/mol. The van der Waals surface area contributed by atoms with E-state index in [9.17, 15) is 31.9 Å². The molecule has 0 saturated carbocycles. The molecule has 0 fully saturated rings. The number of rotatable bonds is 10. The molecule has 0 aliphatic heterocycles. The molecule has 12 heteroatoms. The second kappa shape index (κ2) is 13.9. The first-order valence-electron chi connectivity index (χ1n) is 13.9. The quantitative estimate of drug-likeness (QED) is 0.174. The van der Waals surface area contributed by atoms with Crippen LogP contribution in [0.3, 0.4) is 0 Å². The zero-order chi connectivity index (χ0) is 32.0. The lowest BCUT2D eigenvalue weighted by Crippen LogP contribution is -2.45. The number of carbonyl (C=O) groups is 1. The van der Waals surface area contributed by atoms with Gasteiger partial charge in [-0.1, -0.05) is 73.1 Å². The van der Waals surface area contributed by atoms with Crippen molar-refractivity contribution in [2.75, 3.05) is 13.2 Å². The number of alkyl halides is 3. The highest BCUT2D eigenvalue weighted by molar-refractivity contribution is 6.33. The summed E-state index contributed by atoms with van der Waals surface area (Å²) in [4.78, 5) is 42.4. The fourth-order valence-electron chi connectivity index (χ4n) is 5.00. The maximum atomic E-state index is 14.9. The van der Waals surface area contributed by atoms with Crippen molar-refractivity contribution in [3.8, 4) is 11.1 Å². The maximum absolute atomic E-state index is 14.9. The van der Waals surface area contributed by atoms with Crippen molar-refractivity contribution in [3.05, 3.63) is 127 Å². The van der Waals surface area contributed by atoms with Gasteiger partial charge in [0.25, 0.3) is 5.56 Å². The van der Waals surface area contributed by atoms with E-state index in [0.717, 1.165) is 33.5 Å². The Morgan fingerprint density at radius 3 is 2.27 bits per heavy atom. The van der Waals surface area contributed by atoms with Crippen LogP contribution in [0.15, 0.2) is 88.6 Å². The van der Waals surface area contributed by atoms with Crippen molar-refractivity contribution < 1.29 is 27.1 Å². The van der Waals surface area contributed by atoms with Gasteiger partial charge in [0.15, 0.2) is 0 Å². The molecule has 0 spiro atoms. The van der Waals surface area contributed by atoms with E-state index in [2.05, 4.69) is 0 Å². The molecule has 3 aromatic carbocycles. The number of nitrogens with zero attached hydrogens (tertiary/aromatic N) is 3. The van der Waals surface area contributed by atoms with Crippen LogP contribution in [0, 0.1) is 5.82 Å². The predicted octanol–water partition coefficient (Wildman–Crippen LogP) is 7.15. The minimum absolute atomic E-state index is 0.0828. The molecular formula is C32H30ClF4N3O4. The van der Waals surface area contributed by atoms with Crippen LogP contribution in [-0.2, 0) is 24.0 Å². The number of benzene rings is 3. The van der Waals surface area contributed by atoms with Crippen LogP contribution in [0.5, 0.6) is 0 Å². The molecule has 0 N–H and O–H groups in total. The highest BCUT2D eigenvalue weighted by atomic mass is 35.5. The summed E-state index contributed by atoms with van der Waals surface area (Å²) in [6.45, 7) is 2.59. The Labute approximate surface area is 255 Å². The van der Waals surface area contributed by atoms with Gasteiger partial charge in [-0.25, -0.2) is 14.0 Å². The topological polar surface area (TPSA) is 73.5 Å². The molecule has 0 bridgehead atoms. The largest absolute Gasteiger partial charge is 0.450 e. The van der Waals surface area contributed by atoms with E-state index in [1.54, 1.807) is 49.4 Å². The summed E-state index contributed by atoms with van der Waals surface area (Å²) in [5.41, 5.74) is -3.09. The number of hydrogen-bond donors (Lipinski definition) is 0. The molecular weight excluding hydrogens is 602 g/mol. The average Bonchev–Trinajstić information content (AvgIpc) is 2.99. The van der Waals surface area contributed by atoms with E-state index in [-0.39, 0.29) is 35.8 Å². The van der Waals surface area contributed by atoms with Crippen molar-refractivity contribution in [1.29, 1.82) is 0 Å². The van der Waals surface area contributed by atoms with Gasteiger partial charge in [-0.2, -0.15) is 13.2 Å². The van der Waals surface area contributed by atoms with Crippen molar-refractivity contribution in [1.82, 2.24) is 14.0 Å². The molecule has 232 valence electrons. The first-order chi connectivity index (χ1) is 21.0. The molecule has 0 aliphatic rings. The molecule has 1 aromatic heterocycles. The Balaban J connectivity index is 1.97. The summed E-state index contributed by atoms with van der Waals surface area (Å²) in [5, 5.41) is 0.155. The minimum Gasteiger partial charge on any atom is -0.450 e. The molecule has 44 heavy (non-hydrogen) atoms. The predicted molar refractivity (Wildman–Crippen MR) is 159 cm³/mol. The zero-order valence-corrected chi connectivity index (χ0v) is 24.7. The van der Waals surface area contributed by atoms with Gasteiger partial charge in [-0.15, -0.1) is 0 Å². The van der Waals surface area contributed by atoms with Crippen LogP contribution in [0.2, 0.25) is 5.02 Å². The molecule has 1 heterocycles. The molecule has 0 aliphatic carbocycles. The third-order valence-corrected chi connectivity index (χ3v) is 7.37. The van der Waals surface area contributed by atoms with Crippen LogP contribution in [0.1, 0.15) is 43.0 Å². The minimum atomic E-state index is -4.90. The summed E-state index contributed by atoms with van der Waals surface area (Å²) < 4.78 is 63.4. The van der Waals surface area contributed by atoms with Crippen LogP contribution >= 0.6 is 11.6 Å². The number of hydrogen-bond acceptors (Lipinski definition) is 4. The zero-order valence-electron chi connectivity index (χ0n) is 24.0. The van der Waals surface area contributed by atoms with E-state index in [1.807, 2.05) is 6.92 Å². The van der Waals surface area contributed by atoms with Crippen molar-refractivity contribution in [2.24, 2.45) is 0 Å². The van der Waals surface area contributed by atoms with Crippen molar-refractivity contribution >= 4 is 17.7 Å². The first kappa shape index (κ1) is 32.5. The lowest BCUT2D eigenvalue weighted by atomic mass is 10.0. The fraction of sp³-hybridized carbons (Fsp3) is 0.281. The summed E-state index contributed by atoms with van der Waals surface area (Å²) in [6, 6.07) is 16.6. The van der Waals surface area contributed by atoms with Gasteiger partial charge < -0.3 is 4.74 Å². The molecule has 1 unspecified atom stereocenters. The standard InChI is InChI=1S/C32H30ClF4N3O4/c1-3-17-39(31(43)44-4-2)28(21-11-6-5-7-12-21)20-40-29(41)23(22-13-8-9-15-26(22)33)18-38(30(40)42)19-24-25(32(35,36)37)14-10-16-27(24)34/h5-16,18,28H,3-4,17,19-20H2,1-2H3. The summed E-state index contributed by atoms with van der Waals surface area (Å²) in [6.07, 6.45) is -3.96. The smallest absolute Gasteiger partial charge is 0.416 e. The molecule has 0 radical (unpaired) electrons. The molecule has 1 amide bonds. The van der Waals surface area contributed by atoms with E-state index >= 15 is 0 Å². The summed E-state index contributed by atoms with van der Waals surface area (Å²) in [7, 11) is 0. The molecule has 1 atom stereocenters. The first-order valence-corrected chi connectivity index (χ1v) is 14.3. The maximum Gasteiger partial charge on any atom is 0.416 e. The number of amides is 1. The molecule has 4 rings (SSSR count). The van der Waals surface area contributed by atoms with Crippen LogP contribution < -0.4 is 11.2 Å². The van der Waals surface area contributed by atoms with Crippen LogP contribution in [0.4, 0.5) is 22.4 Å². The number of halogens is 5. The normalized spacial score (nSPS) is 12.2. The van der Waals surface area contributed by atoms with Crippen LogP contribution in [0.25, 0.3) is 11.1 Å². The highest BCUT2D eigenvalue weighted by Crippen LogP contribution is 2.34. The van der Waals surface area contributed by atoms with E-state index in [4.69, 9.17) is 16.3 Å². The second-order valence-electron chi connectivity index (χ2n) is 9.93. The van der Waals surface area contributed by atoms with Crippen molar-refractivity contribution in [2.45, 2.75) is 45.6 Å². The summed E-state index contributed by atoms with van der Waals surface area (Å²) >= 11 is 6.40. The van der Waals surface area contributed by atoms with E-state index in [0.29, 0.717) is 12.0 Å². The Hall–Kier alpha value is -4.38. The Morgan fingerprint density at radius 1 is 0.955 bits per heavy atom. The summed E-state index contributed by atoms with van der Waals surface area (Å²) in [5.74, 6) is -1.16. The van der Waals surface area contributed by atoms with Gasteiger partial charge >= 0.3 is 18.0 Å². The number of aromatic nitrogens is 2. The van der Waals surface area contributed by atoms with Crippen molar-refractivity contribution in [3.63, 3.8) is 0 Å².